The van der Waals surface area contributed by atoms with Gasteiger partial charge in [0.2, 0.25) is 0 Å². The van der Waals surface area contributed by atoms with Crippen LogP contribution in [0.4, 0.5) is 5.69 Å². The lowest BCUT2D eigenvalue weighted by Gasteiger charge is -2.08. The number of rotatable bonds is 4. The van der Waals surface area contributed by atoms with Gasteiger partial charge >= 0.3 is 0 Å². The van der Waals surface area contributed by atoms with Crippen LogP contribution in [0, 0.1) is 21.4 Å². The van der Waals surface area contributed by atoms with Crippen LogP contribution in [-0.2, 0) is 6.54 Å². The lowest BCUT2D eigenvalue weighted by molar-refractivity contribution is -0.384. The summed E-state index contributed by atoms with van der Waals surface area (Å²) in [5.41, 5.74) is 2.28. The van der Waals surface area contributed by atoms with Crippen LogP contribution in [0.1, 0.15) is 11.1 Å². The number of hydrogen-bond acceptors (Lipinski definition) is 4. The molecular formula is C17H12N4O2. The first kappa shape index (κ1) is 14.5. The minimum Gasteiger partial charge on any atom is -0.327 e. The van der Waals surface area contributed by atoms with Gasteiger partial charge in [0.15, 0.2) is 0 Å². The Morgan fingerprint density at radius 3 is 2.83 bits per heavy atom. The largest absolute Gasteiger partial charge is 0.327 e. The van der Waals surface area contributed by atoms with E-state index in [0.717, 1.165) is 5.56 Å². The summed E-state index contributed by atoms with van der Waals surface area (Å²) in [5, 5.41) is 19.9. The van der Waals surface area contributed by atoms with E-state index in [4.69, 9.17) is 5.26 Å². The molecular weight excluding hydrogens is 292 g/mol. The number of nitriles is 1. The zero-order valence-corrected chi connectivity index (χ0v) is 12.1. The fraction of sp³-hybridized carbons (Fsp3) is 0.0588. The second-order valence-corrected chi connectivity index (χ2v) is 5.00. The highest BCUT2D eigenvalue weighted by molar-refractivity contribution is 5.59. The molecule has 0 spiro atoms. The summed E-state index contributed by atoms with van der Waals surface area (Å²) in [7, 11) is 0. The number of nitrogens with zero attached hydrogens (tertiary/aromatic N) is 4. The Labute approximate surface area is 132 Å². The Kier molecular flexibility index (Phi) is 3.85. The first-order valence-electron chi connectivity index (χ1n) is 6.92. The highest BCUT2D eigenvalue weighted by Crippen LogP contribution is 2.23. The van der Waals surface area contributed by atoms with Gasteiger partial charge < -0.3 is 4.57 Å². The summed E-state index contributed by atoms with van der Waals surface area (Å²) < 4.78 is 1.90. The highest BCUT2D eigenvalue weighted by Gasteiger charge is 2.11. The molecule has 2 aromatic carbocycles. The lowest BCUT2D eigenvalue weighted by Crippen LogP contribution is -2.01. The molecule has 0 bridgehead atoms. The molecule has 0 fully saturated rings. The summed E-state index contributed by atoms with van der Waals surface area (Å²) in [4.78, 5) is 14.8. The van der Waals surface area contributed by atoms with E-state index < -0.39 is 4.92 Å². The van der Waals surface area contributed by atoms with Gasteiger partial charge in [0.25, 0.3) is 5.69 Å². The minimum atomic E-state index is -0.423. The molecule has 0 saturated heterocycles. The first-order valence-corrected chi connectivity index (χ1v) is 6.92. The monoisotopic (exact) mass is 304 g/mol. The molecule has 23 heavy (non-hydrogen) atoms. The van der Waals surface area contributed by atoms with E-state index in [-0.39, 0.29) is 5.69 Å². The predicted molar refractivity (Wildman–Crippen MR) is 84.6 cm³/mol. The third-order valence-corrected chi connectivity index (χ3v) is 3.44. The van der Waals surface area contributed by atoms with Crippen molar-refractivity contribution >= 4 is 5.69 Å². The fourth-order valence-electron chi connectivity index (χ4n) is 2.39. The number of imidazole rings is 1. The Bertz CT molecular complexity index is 909. The molecule has 0 aliphatic carbocycles. The molecule has 6 heteroatoms. The van der Waals surface area contributed by atoms with Crippen LogP contribution >= 0.6 is 0 Å². The zero-order chi connectivity index (χ0) is 16.2. The normalized spacial score (nSPS) is 10.2. The zero-order valence-electron chi connectivity index (χ0n) is 12.1. The van der Waals surface area contributed by atoms with E-state index in [2.05, 4.69) is 11.1 Å². The Balaban J connectivity index is 1.95. The van der Waals surface area contributed by atoms with Crippen molar-refractivity contribution in [3.63, 3.8) is 0 Å². The van der Waals surface area contributed by atoms with Gasteiger partial charge in [-0.1, -0.05) is 24.3 Å². The summed E-state index contributed by atoms with van der Waals surface area (Å²) in [6.45, 7) is 0.535. The molecule has 3 rings (SSSR count). The molecule has 112 valence electrons. The van der Waals surface area contributed by atoms with Crippen molar-refractivity contribution < 1.29 is 4.92 Å². The van der Waals surface area contributed by atoms with Gasteiger partial charge in [-0.3, -0.25) is 10.1 Å². The first-order chi connectivity index (χ1) is 11.2. The molecule has 0 radical (unpaired) electrons. The average molecular weight is 304 g/mol. The van der Waals surface area contributed by atoms with Crippen LogP contribution in [0.25, 0.3) is 11.4 Å². The Morgan fingerprint density at radius 1 is 1.22 bits per heavy atom. The van der Waals surface area contributed by atoms with Gasteiger partial charge in [-0.15, -0.1) is 0 Å². The maximum Gasteiger partial charge on any atom is 0.270 e. The molecule has 1 aromatic heterocycles. The Hall–Kier alpha value is -3.46. The fourth-order valence-corrected chi connectivity index (χ4v) is 2.39. The van der Waals surface area contributed by atoms with Crippen LogP contribution < -0.4 is 0 Å². The van der Waals surface area contributed by atoms with Crippen molar-refractivity contribution in [1.29, 1.82) is 5.26 Å². The summed E-state index contributed by atoms with van der Waals surface area (Å²) in [6, 6.07) is 15.8. The summed E-state index contributed by atoms with van der Waals surface area (Å²) >= 11 is 0. The van der Waals surface area contributed by atoms with Crippen LogP contribution in [0.15, 0.2) is 60.9 Å². The average Bonchev–Trinajstić information content (AvgIpc) is 3.03. The molecule has 6 nitrogen and oxygen atoms in total. The van der Waals surface area contributed by atoms with Gasteiger partial charge in [-0.05, 0) is 17.7 Å². The van der Waals surface area contributed by atoms with Crippen molar-refractivity contribution in [2.45, 2.75) is 6.54 Å². The number of nitro benzene ring substituents is 1. The van der Waals surface area contributed by atoms with E-state index in [1.807, 2.05) is 29.0 Å². The molecule has 3 aromatic rings. The lowest BCUT2D eigenvalue weighted by atomic mass is 10.1. The summed E-state index contributed by atoms with van der Waals surface area (Å²) in [5.74, 6) is 0.649. The van der Waals surface area contributed by atoms with Gasteiger partial charge in [0.05, 0.1) is 16.6 Å². The molecule has 0 unspecified atom stereocenters. The second kappa shape index (κ2) is 6.12. The van der Waals surface area contributed by atoms with Crippen LogP contribution in [-0.4, -0.2) is 14.5 Å². The topological polar surface area (TPSA) is 84.8 Å². The maximum absolute atomic E-state index is 10.9. The van der Waals surface area contributed by atoms with Gasteiger partial charge in [-0.2, -0.15) is 5.26 Å². The van der Waals surface area contributed by atoms with Gasteiger partial charge in [0, 0.05) is 36.6 Å². The van der Waals surface area contributed by atoms with Crippen molar-refractivity contribution in [3.05, 3.63) is 82.2 Å². The molecule has 0 aliphatic heterocycles. The molecule has 0 N–H and O–H groups in total. The number of non-ortho nitro benzene ring substituents is 1. The number of benzene rings is 2. The van der Waals surface area contributed by atoms with Gasteiger partial charge in [0.1, 0.15) is 5.82 Å². The predicted octanol–water partition coefficient (Wildman–Crippen LogP) is 3.38. The maximum atomic E-state index is 10.9. The van der Waals surface area contributed by atoms with Crippen molar-refractivity contribution in [2.75, 3.05) is 0 Å². The quantitative estimate of drug-likeness (QED) is 0.546. The third kappa shape index (κ3) is 3.09. The molecule has 0 saturated carbocycles. The van der Waals surface area contributed by atoms with E-state index in [0.29, 0.717) is 23.5 Å². The SMILES string of the molecule is N#Cc1cccc(Cn2ccnc2-c2cccc([N+](=O)[O-])c2)c1. The molecule has 1 heterocycles. The molecule has 0 atom stereocenters. The van der Waals surface area contributed by atoms with E-state index in [1.165, 1.54) is 12.1 Å². The molecule has 0 amide bonds. The van der Waals surface area contributed by atoms with Crippen LogP contribution in [0.5, 0.6) is 0 Å². The van der Waals surface area contributed by atoms with Crippen LogP contribution in [0.3, 0.4) is 0 Å². The number of hydrogen-bond donors (Lipinski definition) is 0. The minimum absolute atomic E-state index is 0.0310. The highest BCUT2D eigenvalue weighted by atomic mass is 16.6. The number of nitro groups is 1. The Morgan fingerprint density at radius 2 is 2.04 bits per heavy atom. The van der Waals surface area contributed by atoms with E-state index in [9.17, 15) is 10.1 Å². The van der Waals surface area contributed by atoms with E-state index in [1.54, 1.807) is 24.4 Å². The van der Waals surface area contributed by atoms with Crippen molar-refractivity contribution in [2.24, 2.45) is 0 Å². The third-order valence-electron chi connectivity index (χ3n) is 3.44. The molecule has 0 aliphatic rings. The smallest absolute Gasteiger partial charge is 0.270 e. The van der Waals surface area contributed by atoms with Crippen molar-refractivity contribution in [3.8, 4) is 17.5 Å². The van der Waals surface area contributed by atoms with E-state index >= 15 is 0 Å². The second-order valence-electron chi connectivity index (χ2n) is 5.00. The standard InChI is InChI=1S/C17H12N4O2/c18-11-13-3-1-4-14(9-13)12-20-8-7-19-17(20)15-5-2-6-16(10-15)21(22)23/h1-10H,12H2. The number of aromatic nitrogens is 2. The van der Waals surface area contributed by atoms with Crippen molar-refractivity contribution in [1.82, 2.24) is 9.55 Å². The van der Waals surface area contributed by atoms with Crippen LogP contribution in [0.2, 0.25) is 0 Å². The van der Waals surface area contributed by atoms with Gasteiger partial charge in [-0.25, -0.2) is 4.98 Å². The summed E-state index contributed by atoms with van der Waals surface area (Å²) in [6.07, 6.45) is 3.47.